The van der Waals surface area contributed by atoms with Crippen molar-refractivity contribution in [2.45, 2.75) is 39.3 Å². The first kappa shape index (κ1) is 11.5. The van der Waals surface area contributed by atoms with Crippen LogP contribution in [-0.2, 0) is 0 Å². The average molecular weight is 220 g/mol. The number of nitrogens with zero attached hydrogens (tertiary/aromatic N) is 1. The molecule has 1 aromatic heterocycles. The zero-order valence-corrected chi connectivity index (χ0v) is 9.24. The first-order valence-corrected chi connectivity index (χ1v) is 5.29. The molecule has 80 valence electrons. The molecule has 1 heterocycles. The molecular weight excluding hydrogens is 206 g/mol. The monoisotopic (exact) mass is 220 g/mol. The molecule has 0 bridgehead atoms. The summed E-state index contributed by atoms with van der Waals surface area (Å²) in [5, 5.41) is 3.66. The highest BCUT2D eigenvalue weighted by atomic mass is 32.1. The van der Waals surface area contributed by atoms with Gasteiger partial charge in [0.15, 0.2) is 0 Å². The van der Waals surface area contributed by atoms with Crippen molar-refractivity contribution in [3.63, 3.8) is 0 Å². The number of thiazole rings is 1. The average Bonchev–Trinajstić information content (AvgIpc) is 2.51. The fourth-order valence-corrected chi connectivity index (χ4v) is 1.90. The Bertz CT molecular complexity index is 288. The third-order valence-electron chi connectivity index (χ3n) is 1.90. The van der Waals surface area contributed by atoms with E-state index in [-0.39, 0.29) is 6.04 Å². The number of aryl methyl sites for hydroxylation is 1. The van der Waals surface area contributed by atoms with Crippen LogP contribution in [0.15, 0.2) is 6.20 Å². The number of rotatable bonds is 4. The minimum absolute atomic E-state index is 0.113. The minimum atomic E-state index is -2.33. The maximum absolute atomic E-state index is 12.2. The smallest absolute Gasteiger partial charge is 0.253 e. The largest absolute Gasteiger partial charge is 0.300 e. The zero-order chi connectivity index (χ0) is 10.7. The molecule has 0 aromatic carbocycles. The van der Waals surface area contributed by atoms with Gasteiger partial charge in [-0.3, -0.25) is 0 Å². The SMILES string of the molecule is Cc1cnc(C(C)NC(C)C(F)F)s1. The Morgan fingerprint density at radius 1 is 1.43 bits per heavy atom. The van der Waals surface area contributed by atoms with E-state index in [2.05, 4.69) is 10.3 Å². The van der Waals surface area contributed by atoms with E-state index in [0.717, 1.165) is 9.88 Å². The lowest BCUT2D eigenvalue weighted by atomic mass is 10.3. The van der Waals surface area contributed by atoms with E-state index in [9.17, 15) is 8.78 Å². The van der Waals surface area contributed by atoms with Crippen LogP contribution in [0, 0.1) is 6.92 Å². The second-order valence-electron chi connectivity index (χ2n) is 3.32. The second kappa shape index (κ2) is 4.79. The summed E-state index contributed by atoms with van der Waals surface area (Å²) in [6, 6.07) is -0.910. The molecule has 2 atom stereocenters. The van der Waals surface area contributed by atoms with Gasteiger partial charge in [-0.2, -0.15) is 0 Å². The van der Waals surface area contributed by atoms with Gasteiger partial charge in [-0.25, -0.2) is 13.8 Å². The predicted molar refractivity (Wildman–Crippen MR) is 53.9 cm³/mol. The number of aromatic nitrogens is 1. The van der Waals surface area contributed by atoms with Gasteiger partial charge in [0.25, 0.3) is 6.43 Å². The van der Waals surface area contributed by atoms with Crippen molar-refractivity contribution in [1.82, 2.24) is 10.3 Å². The Hall–Kier alpha value is -0.550. The molecule has 2 unspecified atom stereocenters. The van der Waals surface area contributed by atoms with E-state index < -0.39 is 12.5 Å². The summed E-state index contributed by atoms with van der Waals surface area (Å²) in [6.07, 6.45) is -0.580. The van der Waals surface area contributed by atoms with Crippen LogP contribution < -0.4 is 5.32 Å². The third-order valence-corrected chi connectivity index (χ3v) is 3.00. The number of alkyl halides is 2. The molecule has 14 heavy (non-hydrogen) atoms. The summed E-state index contributed by atoms with van der Waals surface area (Å²) in [5.74, 6) is 0. The Morgan fingerprint density at radius 3 is 2.50 bits per heavy atom. The Balaban J connectivity index is 2.54. The molecule has 1 rings (SSSR count). The van der Waals surface area contributed by atoms with Gasteiger partial charge in [0, 0.05) is 11.1 Å². The molecule has 0 aliphatic carbocycles. The quantitative estimate of drug-likeness (QED) is 0.844. The third kappa shape index (κ3) is 2.99. The molecule has 5 heteroatoms. The van der Waals surface area contributed by atoms with Crippen molar-refractivity contribution >= 4 is 11.3 Å². The summed E-state index contributed by atoms with van der Waals surface area (Å²) in [4.78, 5) is 5.23. The first-order chi connectivity index (χ1) is 6.50. The van der Waals surface area contributed by atoms with E-state index in [1.165, 1.54) is 18.3 Å². The lowest BCUT2D eigenvalue weighted by molar-refractivity contribution is 0.101. The van der Waals surface area contributed by atoms with Gasteiger partial charge >= 0.3 is 0 Å². The fraction of sp³-hybridized carbons (Fsp3) is 0.667. The topological polar surface area (TPSA) is 24.9 Å². The van der Waals surface area contributed by atoms with Gasteiger partial charge in [0.05, 0.1) is 12.1 Å². The van der Waals surface area contributed by atoms with E-state index in [0.29, 0.717) is 0 Å². The summed E-state index contributed by atoms with van der Waals surface area (Å²) in [6.45, 7) is 5.27. The first-order valence-electron chi connectivity index (χ1n) is 4.47. The lowest BCUT2D eigenvalue weighted by Crippen LogP contribution is -2.34. The van der Waals surface area contributed by atoms with Gasteiger partial charge in [0.2, 0.25) is 0 Å². The van der Waals surface area contributed by atoms with Crippen LogP contribution in [0.3, 0.4) is 0 Å². The summed E-state index contributed by atoms with van der Waals surface area (Å²) >= 11 is 1.53. The molecule has 0 spiro atoms. The van der Waals surface area contributed by atoms with E-state index in [1.54, 1.807) is 6.20 Å². The standard InChI is InChI=1S/C9H14F2N2S/c1-5-4-12-9(14-5)7(3)13-6(2)8(10)11/h4,6-8,13H,1-3H3. The number of hydrogen-bond acceptors (Lipinski definition) is 3. The number of hydrogen-bond donors (Lipinski definition) is 1. The van der Waals surface area contributed by atoms with E-state index in [1.807, 2.05) is 13.8 Å². The zero-order valence-electron chi connectivity index (χ0n) is 8.42. The van der Waals surface area contributed by atoms with Crippen LogP contribution in [0.2, 0.25) is 0 Å². The van der Waals surface area contributed by atoms with Crippen molar-refractivity contribution < 1.29 is 8.78 Å². The number of halogens is 2. The van der Waals surface area contributed by atoms with E-state index in [4.69, 9.17) is 0 Å². The summed E-state index contributed by atoms with van der Waals surface area (Å²) < 4.78 is 24.5. The molecule has 0 radical (unpaired) electrons. The van der Waals surface area contributed by atoms with Gasteiger partial charge < -0.3 is 5.32 Å². The van der Waals surface area contributed by atoms with Crippen molar-refractivity contribution in [1.29, 1.82) is 0 Å². The van der Waals surface area contributed by atoms with Crippen LogP contribution in [0.1, 0.15) is 29.8 Å². The highest BCUT2D eigenvalue weighted by Crippen LogP contribution is 2.20. The Labute approximate surface area is 86.4 Å². The maximum atomic E-state index is 12.2. The van der Waals surface area contributed by atoms with Gasteiger partial charge in [-0.05, 0) is 20.8 Å². The molecule has 0 aliphatic rings. The Morgan fingerprint density at radius 2 is 2.07 bits per heavy atom. The summed E-state index contributed by atoms with van der Waals surface area (Å²) in [7, 11) is 0. The molecule has 2 nitrogen and oxygen atoms in total. The lowest BCUT2D eigenvalue weighted by Gasteiger charge is -2.17. The number of nitrogens with one attached hydrogen (secondary N) is 1. The van der Waals surface area contributed by atoms with Crippen LogP contribution in [0.4, 0.5) is 8.78 Å². The molecule has 0 aliphatic heterocycles. The van der Waals surface area contributed by atoms with Crippen molar-refractivity contribution in [2.75, 3.05) is 0 Å². The second-order valence-corrected chi connectivity index (χ2v) is 4.59. The molecule has 1 N–H and O–H groups in total. The van der Waals surface area contributed by atoms with Gasteiger partial charge in [0.1, 0.15) is 5.01 Å². The predicted octanol–water partition coefficient (Wildman–Crippen LogP) is 2.76. The molecule has 0 fully saturated rings. The van der Waals surface area contributed by atoms with Crippen LogP contribution in [-0.4, -0.2) is 17.5 Å². The molecule has 0 saturated carbocycles. The molecule has 0 saturated heterocycles. The van der Waals surface area contributed by atoms with Crippen LogP contribution in [0.25, 0.3) is 0 Å². The summed E-state index contributed by atoms with van der Waals surface area (Å²) in [5.41, 5.74) is 0. The van der Waals surface area contributed by atoms with Crippen molar-refractivity contribution in [3.05, 3.63) is 16.1 Å². The maximum Gasteiger partial charge on any atom is 0.253 e. The van der Waals surface area contributed by atoms with Crippen molar-refractivity contribution in [3.8, 4) is 0 Å². The normalized spacial score (nSPS) is 15.9. The Kier molecular flexibility index (Phi) is 3.95. The molecule has 1 aromatic rings. The van der Waals surface area contributed by atoms with Gasteiger partial charge in [-0.15, -0.1) is 11.3 Å². The van der Waals surface area contributed by atoms with Crippen LogP contribution in [0.5, 0.6) is 0 Å². The molecule has 0 amide bonds. The minimum Gasteiger partial charge on any atom is -0.300 e. The van der Waals surface area contributed by atoms with E-state index >= 15 is 0 Å². The van der Waals surface area contributed by atoms with Crippen molar-refractivity contribution in [2.24, 2.45) is 0 Å². The fourth-order valence-electron chi connectivity index (χ4n) is 1.11. The van der Waals surface area contributed by atoms with Crippen LogP contribution >= 0.6 is 11.3 Å². The van der Waals surface area contributed by atoms with Gasteiger partial charge in [-0.1, -0.05) is 0 Å². The molecular formula is C9H14F2N2S. The highest BCUT2D eigenvalue weighted by molar-refractivity contribution is 7.11. The highest BCUT2D eigenvalue weighted by Gasteiger charge is 2.18.